The van der Waals surface area contributed by atoms with Gasteiger partial charge < -0.3 is 9.84 Å². The van der Waals surface area contributed by atoms with Gasteiger partial charge in [0, 0.05) is 11.5 Å². The summed E-state index contributed by atoms with van der Waals surface area (Å²) in [4.78, 5) is 26.9. The maximum Gasteiger partial charge on any atom is 0.422 e. The normalized spacial score (nSPS) is 23.7. The van der Waals surface area contributed by atoms with Gasteiger partial charge in [-0.25, -0.2) is 9.69 Å². The standard InChI is InChI=1S/C24H33NO4/c1-5-6-9-16-12-14-17(15-13-16)21(26)20-18-10-7-8-11-19(18)25(22(20)27)23(28)29-24(2,3)4/h7-8,10-11,16-17,26H,5-6,9,12-15H2,1-4H3. The number of unbranched alkanes of at least 4 members (excludes halogenated alkanes) is 1. The van der Waals surface area contributed by atoms with Crippen LogP contribution in [-0.2, 0) is 9.53 Å². The number of hydrogen-bond donors (Lipinski definition) is 1. The van der Waals surface area contributed by atoms with Crippen LogP contribution in [0, 0.1) is 11.8 Å². The van der Waals surface area contributed by atoms with Crippen LogP contribution in [0.5, 0.6) is 0 Å². The first kappa shape index (κ1) is 21.4. The van der Waals surface area contributed by atoms with Gasteiger partial charge in [0.15, 0.2) is 0 Å². The number of fused-ring (bicyclic) bond motifs is 1. The number of rotatable bonds is 4. The van der Waals surface area contributed by atoms with E-state index in [1.165, 1.54) is 19.3 Å². The Bertz CT molecular complexity index is 797. The summed E-state index contributed by atoms with van der Waals surface area (Å²) in [7, 11) is 0. The van der Waals surface area contributed by atoms with E-state index in [0.29, 0.717) is 17.2 Å². The van der Waals surface area contributed by atoms with Crippen LogP contribution < -0.4 is 4.90 Å². The Hall–Kier alpha value is -2.30. The van der Waals surface area contributed by atoms with Gasteiger partial charge in [0.05, 0.1) is 11.3 Å². The molecule has 5 heteroatoms. The van der Waals surface area contributed by atoms with Crippen LogP contribution in [0.4, 0.5) is 10.5 Å². The Morgan fingerprint density at radius 3 is 2.45 bits per heavy atom. The molecule has 158 valence electrons. The lowest BCUT2D eigenvalue weighted by atomic mass is 9.78. The minimum absolute atomic E-state index is 0.0292. The van der Waals surface area contributed by atoms with Gasteiger partial charge in [-0.2, -0.15) is 0 Å². The van der Waals surface area contributed by atoms with Gasteiger partial charge in [-0.3, -0.25) is 4.79 Å². The molecule has 1 saturated carbocycles. The van der Waals surface area contributed by atoms with Gasteiger partial charge in [-0.15, -0.1) is 0 Å². The zero-order chi connectivity index (χ0) is 21.2. The molecule has 0 aromatic heterocycles. The molecule has 3 rings (SSSR count). The van der Waals surface area contributed by atoms with Crippen LogP contribution in [0.15, 0.2) is 30.0 Å². The van der Waals surface area contributed by atoms with Gasteiger partial charge in [0.1, 0.15) is 11.4 Å². The maximum atomic E-state index is 13.2. The van der Waals surface area contributed by atoms with Crippen molar-refractivity contribution in [2.24, 2.45) is 11.8 Å². The molecule has 5 nitrogen and oxygen atoms in total. The van der Waals surface area contributed by atoms with Gasteiger partial charge >= 0.3 is 6.09 Å². The fourth-order valence-corrected chi connectivity index (χ4v) is 4.37. The van der Waals surface area contributed by atoms with Crippen molar-refractivity contribution in [2.45, 2.75) is 78.2 Å². The minimum atomic E-state index is -0.711. The molecule has 0 atom stereocenters. The minimum Gasteiger partial charge on any atom is -0.511 e. The van der Waals surface area contributed by atoms with E-state index in [0.717, 1.165) is 30.6 Å². The summed E-state index contributed by atoms with van der Waals surface area (Å²) in [5.41, 5.74) is 0.625. The summed E-state index contributed by atoms with van der Waals surface area (Å²) in [5, 5.41) is 11.1. The Morgan fingerprint density at radius 1 is 1.17 bits per heavy atom. The molecule has 2 amide bonds. The molecule has 0 unspecified atom stereocenters. The predicted molar refractivity (Wildman–Crippen MR) is 115 cm³/mol. The van der Waals surface area contributed by atoms with E-state index < -0.39 is 17.6 Å². The number of para-hydroxylation sites is 1. The molecule has 2 aliphatic rings. The van der Waals surface area contributed by atoms with Crippen LogP contribution >= 0.6 is 0 Å². The van der Waals surface area contributed by atoms with Gasteiger partial charge in [-0.1, -0.05) is 44.4 Å². The van der Waals surface area contributed by atoms with Crippen LogP contribution in [-0.4, -0.2) is 22.7 Å². The molecule has 1 aliphatic heterocycles. The zero-order valence-electron chi connectivity index (χ0n) is 18.0. The second kappa shape index (κ2) is 8.60. The summed E-state index contributed by atoms with van der Waals surface area (Å²) in [5.74, 6) is 0.320. The van der Waals surface area contributed by atoms with E-state index in [-0.39, 0.29) is 17.3 Å². The summed E-state index contributed by atoms with van der Waals surface area (Å²) in [6.07, 6.45) is 6.91. The Labute approximate surface area is 173 Å². The van der Waals surface area contributed by atoms with E-state index in [1.807, 2.05) is 6.07 Å². The van der Waals surface area contributed by atoms with Crippen molar-refractivity contribution in [1.82, 2.24) is 0 Å². The molecule has 1 heterocycles. The Morgan fingerprint density at radius 2 is 1.83 bits per heavy atom. The van der Waals surface area contributed by atoms with Gasteiger partial charge in [0.25, 0.3) is 5.91 Å². The van der Waals surface area contributed by atoms with Crippen molar-refractivity contribution in [3.8, 4) is 0 Å². The molecule has 0 bridgehead atoms. The number of benzene rings is 1. The summed E-state index contributed by atoms with van der Waals surface area (Å²) < 4.78 is 5.44. The van der Waals surface area contributed by atoms with E-state index in [2.05, 4.69) is 6.92 Å². The highest BCUT2D eigenvalue weighted by atomic mass is 16.6. The van der Waals surface area contributed by atoms with Gasteiger partial charge in [-0.05, 0) is 58.4 Å². The average Bonchev–Trinajstić information content (AvgIpc) is 2.96. The van der Waals surface area contributed by atoms with Crippen LogP contribution in [0.3, 0.4) is 0 Å². The lowest BCUT2D eigenvalue weighted by molar-refractivity contribution is -0.112. The molecule has 0 spiro atoms. The molecule has 1 aromatic rings. The van der Waals surface area contributed by atoms with E-state index in [9.17, 15) is 14.7 Å². The maximum absolute atomic E-state index is 13.2. The highest BCUT2D eigenvalue weighted by Crippen LogP contribution is 2.43. The highest BCUT2D eigenvalue weighted by Gasteiger charge is 2.42. The second-order valence-corrected chi connectivity index (χ2v) is 9.26. The molecule has 0 saturated heterocycles. The van der Waals surface area contributed by atoms with Crippen molar-refractivity contribution < 1.29 is 19.4 Å². The van der Waals surface area contributed by atoms with Crippen molar-refractivity contribution in [1.29, 1.82) is 0 Å². The van der Waals surface area contributed by atoms with Crippen LogP contribution in [0.2, 0.25) is 0 Å². The van der Waals surface area contributed by atoms with E-state index in [1.54, 1.807) is 39.0 Å². The van der Waals surface area contributed by atoms with Gasteiger partial charge in [0.2, 0.25) is 0 Å². The largest absolute Gasteiger partial charge is 0.511 e. The number of nitrogens with zero attached hydrogens (tertiary/aromatic N) is 1. The number of imide groups is 1. The third kappa shape index (κ3) is 4.65. The zero-order valence-corrected chi connectivity index (χ0v) is 18.0. The predicted octanol–water partition coefficient (Wildman–Crippen LogP) is 6.23. The summed E-state index contributed by atoms with van der Waals surface area (Å²) in [6.45, 7) is 7.51. The summed E-state index contributed by atoms with van der Waals surface area (Å²) >= 11 is 0. The van der Waals surface area contributed by atoms with Crippen molar-refractivity contribution in [2.75, 3.05) is 4.90 Å². The van der Waals surface area contributed by atoms with Crippen LogP contribution in [0.1, 0.15) is 78.2 Å². The average molecular weight is 400 g/mol. The summed E-state index contributed by atoms with van der Waals surface area (Å²) in [6, 6.07) is 7.11. The van der Waals surface area contributed by atoms with Crippen molar-refractivity contribution >= 4 is 23.3 Å². The quantitative estimate of drug-likeness (QED) is 0.481. The van der Waals surface area contributed by atoms with Crippen molar-refractivity contribution in [3.05, 3.63) is 35.6 Å². The smallest absolute Gasteiger partial charge is 0.422 e. The highest BCUT2D eigenvalue weighted by molar-refractivity contribution is 6.39. The first-order valence-corrected chi connectivity index (χ1v) is 10.8. The third-order valence-electron chi connectivity index (χ3n) is 5.86. The second-order valence-electron chi connectivity index (χ2n) is 9.26. The first-order valence-electron chi connectivity index (χ1n) is 10.8. The van der Waals surface area contributed by atoms with Crippen LogP contribution in [0.25, 0.3) is 5.57 Å². The Balaban J connectivity index is 1.86. The number of allylic oxidation sites excluding steroid dienone is 1. The lowest BCUT2D eigenvalue weighted by Crippen LogP contribution is -2.38. The molecule has 1 N–H and O–H groups in total. The van der Waals surface area contributed by atoms with E-state index >= 15 is 0 Å². The fraction of sp³-hybridized carbons (Fsp3) is 0.583. The molecule has 1 fully saturated rings. The first-order chi connectivity index (χ1) is 13.7. The van der Waals surface area contributed by atoms with Crippen molar-refractivity contribution in [3.63, 3.8) is 0 Å². The number of carbonyl (C=O) groups is 2. The number of carbonyl (C=O) groups excluding carboxylic acids is 2. The number of aliphatic hydroxyl groups is 1. The number of ether oxygens (including phenoxy) is 1. The number of hydrogen-bond acceptors (Lipinski definition) is 4. The molecular weight excluding hydrogens is 366 g/mol. The molecule has 1 aliphatic carbocycles. The fourth-order valence-electron chi connectivity index (χ4n) is 4.37. The number of amides is 2. The topological polar surface area (TPSA) is 66.8 Å². The molecule has 29 heavy (non-hydrogen) atoms. The number of aliphatic hydroxyl groups excluding tert-OH is 1. The molecule has 1 aromatic carbocycles. The lowest BCUT2D eigenvalue weighted by Gasteiger charge is -2.28. The monoisotopic (exact) mass is 399 g/mol. The number of anilines is 1. The molecular formula is C24H33NO4. The SMILES string of the molecule is CCCCC1CCC(C(O)=C2C(=O)N(C(=O)OC(C)(C)C)c3ccccc32)CC1. The third-order valence-corrected chi connectivity index (χ3v) is 5.86. The Kier molecular flexibility index (Phi) is 6.35. The van der Waals surface area contributed by atoms with E-state index in [4.69, 9.17) is 4.74 Å². The molecule has 0 radical (unpaired) electrons.